The predicted molar refractivity (Wildman–Crippen MR) is 99.1 cm³/mol. The monoisotopic (exact) mass is 335 g/mol. The Kier molecular flexibility index (Phi) is 5.59. The Balaban J connectivity index is 2.56. The molecule has 1 heterocycles. The highest BCUT2D eigenvalue weighted by Crippen LogP contribution is 2.44. The van der Waals surface area contributed by atoms with Gasteiger partial charge in [0.1, 0.15) is 5.75 Å². The fourth-order valence-corrected chi connectivity index (χ4v) is 4.57. The van der Waals surface area contributed by atoms with E-state index >= 15 is 0 Å². The Labute approximate surface area is 142 Å². The highest BCUT2D eigenvalue weighted by Gasteiger charge is 2.32. The van der Waals surface area contributed by atoms with E-state index in [4.69, 9.17) is 5.73 Å². The number of thiophene rings is 1. The van der Waals surface area contributed by atoms with Crippen LogP contribution in [0.25, 0.3) is 0 Å². The molecule has 120 valence electrons. The van der Waals surface area contributed by atoms with Crippen molar-refractivity contribution >= 4 is 24.0 Å². The zero-order valence-corrected chi connectivity index (χ0v) is 15.2. The van der Waals surface area contributed by atoms with Gasteiger partial charge in [-0.15, -0.1) is 11.3 Å². The largest absolute Gasteiger partial charge is 0.508 e. The van der Waals surface area contributed by atoms with Gasteiger partial charge in [-0.3, -0.25) is 0 Å². The molecule has 0 saturated heterocycles. The van der Waals surface area contributed by atoms with Gasteiger partial charge in [-0.25, -0.2) is 0 Å². The summed E-state index contributed by atoms with van der Waals surface area (Å²) >= 11 is 6.39. The standard InChI is InChI=1S/C18H25NOS2/c1-4-18(5-2,17-9-8-16(22-17)12(3)21)14-6-7-15(20)13(10-14)11-19/h6-10,12,20-21H,4-5,11,19H2,1-3H3. The maximum Gasteiger partial charge on any atom is 0.120 e. The highest BCUT2D eigenvalue weighted by molar-refractivity contribution is 7.80. The molecule has 4 heteroatoms. The number of hydrogen-bond donors (Lipinski definition) is 3. The molecule has 1 unspecified atom stereocenters. The van der Waals surface area contributed by atoms with Gasteiger partial charge >= 0.3 is 0 Å². The van der Waals surface area contributed by atoms with E-state index in [1.807, 2.05) is 17.4 Å². The lowest BCUT2D eigenvalue weighted by Gasteiger charge is -2.32. The summed E-state index contributed by atoms with van der Waals surface area (Å²) in [5.41, 5.74) is 7.78. The third-order valence-corrected chi connectivity index (χ3v) is 6.49. The summed E-state index contributed by atoms with van der Waals surface area (Å²) in [6.45, 7) is 6.90. The van der Waals surface area contributed by atoms with E-state index in [2.05, 4.69) is 51.6 Å². The van der Waals surface area contributed by atoms with Crippen LogP contribution < -0.4 is 5.73 Å². The average Bonchev–Trinajstić information content (AvgIpc) is 3.01. The number of hydrogen-bond acceptors (Lipinski definition) is 4. The van der Waals surface area contributed by atoms with Crippen molar-refractivity contribution < 1.29 is 5.11 Å². The molecule has 0 amide bonds. The Morgan fingerprint density at radius 3 is 2.41 bits per heavy atom. The average molecular weight is 336 g/mol. The first-order valence-electron chi connectivity index (χ1n) is 7.79. The van der Waals surface area contributed by atoms with Crippen LogP contribution in [0.3, 0.4) is 0 Å². The van der Waals surface area contributed by atoms with E-state index in [9.17, 15) is 5.11 Å². The second-order valence-electron chi connectivity index (χ2n) is 5.71. The molecule has 3 N–H and O–H groups in total. The normalized spacial score (nSPS) is 13.3. The summed E-state index contributed by atoms with van der Waals surface area (Å²) in [6, 6.07) is 10.3. The minimum atomic E-state index is -0.0246. The first-order valence-corrected chi connectivity index (χ1v) is 9.12. The van der Waals surface area contributed by atoms with E-state index in [0.717, 1.165) is 18.4 Å². The van der Waals surface area contributed by atoms with Gasteiger partial charge < -0.3 is 10.8 Å². The van der Waals surface area contributed by atoms with Crippen LogP contribution in [0.2, 0.25) is 0 Å². The minimum absolute atomic E-state index is 0.0246. The summed E-state index contributed by atoms with van der Waals surface area (Å²) in [4.78, 5) is 2.66. The zero-order chi connectivity index (χ0) is 16.3. The van der Waals surface area contributed by atoms with Gasteiger partial charge in [0.25, 0.3) is 0 Å². The lowest BCUT2D eigenvalue weighted by atomic mass is 9.74. The van der Waals surface area contributed by atoms with Gasteiger partial charge in [0.05, 0.1) is 0 Å². The van der Waals surface area contributed by atoms with Crippen LogP contribution in [0.1, 0.15) is 59.7 Å². The van der Waals surface area contributed by atoms with E-state index < -0.39 is 0 Å². The number of thiol groups is 1. The first kappa shape index (κ1) is 17.4. The number of phenols is 1. The molecule has 0 aliphatic rings. The molecule has 0 spiro atoms. The maximum atomic E-state index is 9.91. The number of aromatic hydroxyl groups is 1. The molecule has 0 saturated carbocycles. The molecule has 0 radical (unpaired) electrons. The SMILES string of the molecule is CCC(CC)(c1ccc(O)c(CN)c1)c1ccc(C(C)S)s1. The molecule has 1 aromatic carbocycles. The summed E-state index contributed by atoms with van der Waals surface area (Å²) < 4.78 is 0. The first-order chi connectivity index (χ1) is 10.5. The topological polar surface area (TPSA) is 46.2 Å². The van der Waals surface area contributed by atoms with Crippen molar-refractivity contribution in [3.8, 4) is 5.75 Å². The van der Waals surface area contributed by atoms with Crippen LogP contribution in [-0.2, 0) is 12.0 Å². The molecule has 2 rings (SSSR count). The molecular weight excluding hydrogens is 310 g/mol. The fourth-order valence-electron chi connectivity index (χ4n) is 3.03. The van der Waals surface area contributed by atoms with Crippen LogP contribution in [0.4, 0.5) is 0 Å². The van der Waals surface area contributed by atoms with E-state index in [-0.39, 0.29) is 16.4 Å². The number of benzene rings is 1. The van der Waals surface area contributed by atoms with E-state index in [1.165, 1.54) is 15.3 Å². The Hall–Kier alpha value is -0.970. The summed E-state index contributed by atoms with van der Waals surface area (Å²) in [5.74, 6) is 0.281. The molecule has 22 heavy (non-hydrogen) atoms. The molecule has 2 nitrogen and oxygen atoms in total. The smallest absolute Gasteiger partial charge is 0.120 e. The van der Waals surface area contributed by atoms with E-state index in [0.29, 0.717) is 6.54 Å². The predicted octanol–water partition coefficient (Wildman–Crippen LogP) is 5.01. The van der Waals surface area contributed by atoms with Gasteiger partial charge in [-0.1, -0.05) is 19.9 Å². The van der Waals surface area contributed by atoms with Crippen LogP contribution in [0.5, 0.6) is 5.75 Å². The molecule has 1 aromatic heterocycles. The molecule has 1 atom stereocenters. The third-order valence-electron chi connectivity index (χ3n) is 4.57. The molecule has 0 aliphatic heterocycles. The van der Waals surface area contributed by atoms with Crippen molar-refractivity contribution in [1.82, 2.24) is 0 Å². The summed E-state index contributed by atoms with van der Waals surface area (Å²) in [7, 11) is 0. The minimum Gasteiger partial charge on any atom is -0.508 e. The fraction of sp³-hybridized carbons (Fsp3) is 0.444. The molecule has 0 bridgehead atoms. The molecular formula is C18H25NOS2. The number of rotatable bonds is 6. The van der Waals surface area contributed by atoms with Gasteiger partial charge in [0.2, 0.25) is 0 Å². The van der Waals surface area contributed by atoms with Gasteiger partial charge in [0.15, 0.2) is 0 Å². The van der Waals surface area contributed by atoms with Gasteiger partial charge in [0, 0.05) is 32.5 Å². The van der Waals surface area contributed by atoms with Crippen LogP contribution in [0, 0.1) is 0 Å². The van der Waals surface area contributed by atoms with Crippen molar-refractivity contribution in [2.24, 2.45) is 5.73 Å². The Morgan fingerprint density at radius 1 is 1.23 bits per heavy atom. The van der Waals surface area contributed by atoms with Crippen LogP contribution in [0.15, 0.2) is 30.3 Å². The highest BCUT2D eigenvalue weighted by atomic mass is 32.1. The van der Waals surface area contributed by atoms with Crippen molar-refractivity contribution in [2.75, 3.05) is 0 Å². The van der Waals surface area contributed by atoms with Crippen molar-refractivity contribution in [3.63, 3.8) is 0 Å². The molecule has 0 fully saturated rings. The van der Waals surface area contributed by atoms with E-state index in [1.54, 1.807) is 6.07 Å². The maximum absolute atomic E-state index is 9.91. The van der Waals surface area contributed by atoms with Gasteiger partial charge in [-0.2, -0.15) is 12.6 Å². The summed E-state index contributed by atoms with van der Waals surface area (Å²) in [5, 5.41) is 10.2. The lowest BCUT2D eigenvalue weighted by molar-refractivity contribution is 0.462. The molecule has 2 aromatic rings. The van der Waals surface area contributed by atoms with Crippen molar-refractivity contribution in [3.05, 3.63) is 51.2 Å². The summed E-state index contributed by atoms with van der Waals surface area (Å²) in [6.07, 6.45) is 2.03. The van der Waals surface area contributed by atoms with Gasteiger partial charge in [-0.05, 0) is 49.6 Å². The number of nitrogens with two attached hydrogens (primary N) is 1. The second-order valence-corrected chi connectivity index (χ2v) is 7.60. The Bertz CT molecular complexity index is 630. The Morgan fingerprint density at radius 2 is 1.91 bits per heavy atom. The molecule has 0 aliphatic carbocycles. The quantitative estimate of drug-likeness (QED) is 0.650. The van der Waals surface area contributed by atoms with Crippen LogP contribution in [-0.4, -0.2) is 5.11 Å². The second kappa shape index (κ2) is 7.07. The van der Waals surface area contributed by atoms with Crippen LogP contribution >= 0.6 is 24.0 Å². The third kappa shape index (κ3) is 3.05. The van der Waals surface area contributed by atoms with Crippen molar-refractivity contribution in [2.45, 2.75) is 50.8 Å². The zero-order valence-electron chi connectivity index (χ0n) is 13.5. The number of phenolic OH excluding ortho intramolecular Hbond substituents is 1. The van der Waals surface area contributed by atoms with Crippen molar-refractivity contribution in [1.29, 1.82) is 0 Å². The lowest BCUT2D eigenvalue weighted by Crippen LogP contribution is -2.25.